The fourth-order valence-electron chi connectivity index (χ4n) is 3.30. The van der Waals surface area contributed by atoms with Gasteiger partial charge in [0.2, 0.25) is 0 Å². The predicted octanol–water partition coefficient (Wildman–Crippen LogP) is 3.90. The van der Waals surface area contributed by atoms with Crippen molar-refractivity contribution in [1.29, 1.82) is 0 Å². The van der Waals surface area contributed by atoms with E-state index in [-0.39, 0.29) is 17.5 Å². The van der Waals surface area contributed by atoms with E-state index in [0.29, 0.717) is 11.1 Å². The van der Waals surface area contributed by atoms with Crippen LogP contribution in [0.5, 0.6) is 5.75 Å². The third-order valence-electron chi connectivity index (χ3n) is 4.78. The monoisotopic (exact) mass is 379 g/mol. The molecule has 0 aliphatic carbocycles. The number of methoxy groups -OCH3 is 1. The van der Waals surface area contributed by atoms with Crippen LogP contribution in [0.2, 0.25) is 0 Å². The van der Waals surface area contributed by atoms with E-state index in [2.05, 4.69) is 22.8 Å². The van der Waals surface area contributed by atoms with Gasteiger partial charge in [-0.2, -0.15) is 5.10 Å². The van der Waals surface area contributed by atoms with Crippen LogP contribution in [0.25, 0.3) is 0 Å². The van der Waals surface area contributed by atoms with Crippen molar-refractivity contribution >= 4 is 23.2 Å². The first-order chi connectivity index (χ1) is 13.7. The summed E-state index contributed by atoms with van der Waals surface area (Å²) < 4.78 is 5.49. The fraction of sp³-hybridized carbons (Fsp3) is 0.318. The first kappa shape index (κ1) is 19.6. The number of ether oxygens (including phenoxy) is 1. The van der Waals surface area contributed by atoms with E-state index in [1.165, 1.54) is 12.8 Å². The number of carbonyl (C=O) groups is 2. The van der Waals surface area contributed by atoms with Crippen molar-refractivity contribution in [1.82, 2.24) is 5.43 Å². The molecule has 0 saturated carbocycles. The molecular weight excluding hydrogens is 354 g/mol. The number of hydrogen-bond donors (Lipinski definition) is 2. The minimum Gasteiger partial charge on any atom is -0.496 e. The topological polar surface area (TPSA) is 79.8 Å². The second-order valence-corrected chi connectivity index (χ2v) is 6.70. The van der Waals surface area contributed by atoms with Crippen LogP contribution in [0, 0.1) is 0 Å². The Morgan fingerprint density at radius 1 is 1.11 bits per heavy atom. The van der Waals surface area contributed by atoms with Gasteiger partial charge in [0.15, 0.2) is 5.71 Å². The number of anilines is 1. The number of benzene rings is 2. The van der Waals surface area contributed by atoms with Crippen LogP contribution in [0.3, 0.4) is 0 Å². The largest absolute Gasteiger partial charge is 0.496 e. The molecule has 3 rings (SSSR count). The average Bonchev–Trinajstić information content (AvgIpc) is 3.05. The molecule has 0 atom stereocenters. The van der Waals surface area contributed by atoms with Gasteiger partial charge in [-0.25, -0.2) is 5.43 Å². The molecule has 146 valence electrons. The van der Waals surface area contributed by atoms with Crippen LogP contribution in [-0.4, -0.2) is 24.6 Å². The zero-order valence-electron chi connectivity index (χ0n) is 16.2. The van der Waals surface area contributed by atoms with Crippen LogP contribution in [0.1, 0.15) is 54.1 Å². The molecule has 1 aliphatic heterocycles. The van der Waals surface area contributed by atoms with Crippen molar-refractivity contribution < 1.29 is 14.3 Å². The number of hydrogen-bond acceptors (Lipinski definition) is 4. The minimum atomic E-state index is -0.359. The number of hydrazone groups is 1. The summed E-state index contributed by atoms with van der Waals surface area (Å²) >= 11 is 0. The highest BCUT2D eigenvalue weighted by Gasteiger charge is 2.30. The molecule has 2 aromatic carbocycles. The number of nitrogens with one attached hydrogen (secondary N) is 2. The Hall–Kier alpha value is -3.15. The maximum Gasteiger partial charge on any atom is 0.276 e. The molecule has 1 aliphatic rings. The van der Waals surface area contributed by atoms with Gasteiger partial charge in [-0.05, 0) is 37.1 Å². The molecule has 0 radical (unpaired) electrons. The van der Waals surface area contributed by atoms with E-state index in [1.807, 2.05) is 12.1 Å². The summed E-state index contributed by atoms with van der Waals surface area (Å²) in [4.78, 5) is 24.7. The molecule has 2 N–H and O–H groups in total. The van der Waals surface area contributed by atoms with Crippen molar-refractivity contribution in [3.63, 3.8) is 0 Å². The van der Waals surface area contributed by atoms with E-state index in [1.54, 1.807) is 37.4 Å². The maximum atomic E-state index is 12.5. The Morgan fingerprint density at radius 3 is 2.61 bits per heavy atom. The van der Waals surface area contributed by atoms with Gasteiger partial charge in [-0.1, -0.05) is 44.4 Å². The van der Waals surface area contributed by atoms with Gasteiger partial charge in [-0.3, -0.25) is 9.59 Å². The smallest absolute Gasteiger partial charge is 0.276 e. The summed E-state index contributed by atoms with van der Waals surface area (Å²) in [5.74, 6) is 0.0687. The summed E-state index contributed by atoms with van der Waals surface area (Å²) in [5.41, 5.74) is 5.56. The molecule has 0 bridgehead atoms. The van der Waals surface area contributed by atoms with Gasteiger partial charge in [0.25, 0.3) is 11.8 Å². The van der Waals surface area contributed by atoms with Crippen molar-refractivity contribution in [2.75, 3.05) is 12.4 Å². The number of carbonyl (C=O) groups excluding carboxylic acids is 2. The SMILES string of the molecule is CCCCCCc1c(OC)ccc2c1NC(=O)/C2=N\NC(=O)c1ccccc1. The first-order valence-electron chi connectivity index (χ1n) is 9.60. The Labute approximate surface area is 165 Å². The second kappa shape index (κ2) is 9.17. The van der Waals surface area contributed by atoms with E-state index >= 15 is 0 Å². The Balaban J connectivity index is 1.84. The number of nitrogens with zero attached hydrogens (tertiary/aromatic N) is 1. The third-order valence-corrected chi connectivity index (χ3v) is 4.78. The Bertz CT molecular complexity index is 891. The van der Waals surface area contributed by atoms with Gasteiger partial charge >= 0.3 is 0 Å². The zero-order valence-corrected chi connectivity index (χ0v) is 16.2. The lowest BCUT2D eigenvalue weighted by molar-refractivity contribution is -0.110. The quantitative estimate of drug-likeness (QED) is 0.539. The molecule has 0 fully saturated rings. The van der Waals surface area contributed by atoms with Crippen molar-refractivity contribution in [2.24, 2.45) is 5.10 Å². The molecule has 1 heterocycles. The van der Waals surface area contributed by atoms with Crippen LogP contribution >= 0.6 is 0 Å². The zero-order chi connectivity index (χ0) is 19.9. The molecule has 0 aromatic heterocycles. The molecule has 0 unspecified atom stereocenters. The summed E-state index contributed by atoms with van der Waals surface area (Å²) in [6.45, 7) is 2.17. The second-order valence-electron chi connectivity index (χ2n) is 6.70. The lowest BCUT2D eigenvalue weighted by Gasteiger charge is -2.13. The fourth-order valence-corrected chi connectivity index (χ4v) is 3.30. The van der Waals surface area contributed by atoms with E-state index in [0.717, 1.165) is 36.3 Å². The molecule has 2 aromatic rings. The highest BCUT2D eigenvalue weighted by atomic mass is 16.5. The third kappa shape index (κ3) is 4.22. The van der Waals surface area contributed by atoms with Crippen LogP contribution < -0.4 is 15.5 Å². The normalized spacial score (nSPS) is 13.9. The number of rotatable bonds is 8. The first-order valence-corrected chi connectivity index (χ1v) is 9.60. The van der Waals surface area contributed by atoms with Gasteiger partial charge in [0.1, 0.15) is 5.75 Å². The molecular formula is C22H25N3O3. The van der Waals surface area contributed by atoms with E-state index < -0.39 is 0 Å². The standard InChI is InChI=1S/C22H25N3O3/c1-3-4-5-9-12-16-18(28-2)14-13-17-19(16)23-22(27)20(17)24-25-21(26)15-10-7-6-8-11-15/h6-8,10-11,13-14H,3-5,9,12H2,1-2H3,(H,25,26)(H,23,24,27). The number of fused-ring (bicyclic) bond motifs is 1. The summed E-state index contributed by atoms with van der Waals surface area (Å²) in [7, 11) is 1.63. The van der Waals surface area contributed by atoms with Crippen LogP contribution in [0.15, 0.2) is 47.6 Å². The molecule has 2 amide bonds. The van der Waals surface area contributed by atoms with Crippen molar-refractivity contribution in [3.8, 4) is 5.75 Å². The van der Waals surface area contributed by atoms with Crippen LogP contribution in [-0.2, 0) is 11.2 Å². The van der Waals surface area contributed by atoms with Gasteiger partial charge in [0.05, 0.1) is 12.8 Å². The molecule has 0 spiro atoms. The number of amides is 2. The molecule has 6 heteroatoms. The number of unbranched alkanes of at least 4 members (excludes halogenated alkanes) is 3. The summed E-state index contributed by atoms with van der Waals surface area (Å²) in [6.07, 6.45) is 5.32. The summed E-state index contributed by atoms with van der Waals surface area (Å²) in [5, 5.41) is 6.99. The predicted molar refractivity (Wildman–Crippen MR) is 110 cm³/mol. The van der Waals surface area contributed by atoms with Gasteiger partial charge < -0.3 is 10.1 Å². The lowest BCUT2D eigenvalue weighted by atomic mass is 10.00. The summed E-state index contributed by atoms with van der Waals surface area (Å²) in [6, 6.07) is 12.4. The Kier molecular flexibility index (Phi) is 6.42. The maximum absolute atomic E-state index is 12.5. The van der Waals surface area contributed by atoms with Gasteiger partial charge in [-0.15, -0.1) is 0 Å². The van der Waals surface area contributed by atoms with Crippen molar-refractivity contribution in [3.05, 3.63) is 59.2 Å². The van der Waals surface area contributed by atoms with Gasteiger partial charge in [0, 0.05) is 16.7 Å². The van der Waals surface area contributed by atoms with Crippen LogP contribution in [0.4, 0.5) is 5.69 Å². The average molecular weight is 379 g/mol. The molecule has 28 heavy (non-hydrogen) atoms. The van der Waals surface area contributed by atoms with E-state index in [4.69, 9.17) is 4.74 Å². The highest BCUT2D eigenvalue weighted by Crippen LogP contribution is 2.35. The molecule has 6 nitrogen and oxygen atoms in total. The lowest BCUT2D eigenvalue weighted by Crippen LogP contribution is -2.23. The molecule has 0 saturated heterocycles. The van der Waals surface area contributed by atoms with Crippen molar-refractivity contribution in [2.45, 2.75) is 39.0 Å². The van der Waals surface area contributed by atoms with E-state index in [9.17, 15) is 9.59 Å². The Morgan fingerprint density at radius 2 is 1.89 bits per heavy atom. The highest BCUT2D eigenvalue weighted by molar-refractivity contribution is 6.54. The minimum absolute atomic E-state index is 0.205.